The fourth-order valence-electron chi connectivity index (χ4n) is 2.32. The number of sulfonamides is 1. The number of halogens is 1. The zero-order chi connectivity index (χ0) is 14.9. The SMILES string of the molecule is O=C(O)c1ccc(F)cc1S(=O)(=O)N1CCC[C@@H]1CO. The van der Waals surface area contributed by atoms with Crippen LogP contribution in [-0.2, 0) is 10.0 Å². The van der Waals surface area contributed by atoms with Crippen LogP contribution >= 0.6 is 0 Å². The summed E-state index contributed by atoms with van der Waals surface area (Å²) in [5.74, 6) is -2.27. The van der Waals surface area contributed by atoms with E-state index < -0.39 is 38.3 Å². The quantitative estimate of drug-likeness (QED) is 0.852. The zero-order valence-corrected chi connectivity index (χ0v) is 11.3. The number of hydrogen-bond donors (Lipinski definition) is 2. The highest BCUT2D eigenvalue weighted by molar-refractivity contribution is 7.89. The molecule has 20 heavy (non-hydrogen) atoms. The van der Waals surface area contributed by atoms with Crippen LogP contribution in [0.25, 0.3) is 0 Å². The van der Waals surface area contributed by atoms with Gasteiger partial charge in [0.25, 0.3) is 0 Å². The molecule has 0 unspecified atom stereocenters. The topological polar surface area (TPSA) is 94.9 Å². The van der Waals surface area contributed by atoms with E-state index in [0.29, 0.717) is 18.9 Å². The molecule has 110 valence electrons. The fourth-order valence-corrected chi connectivity index (χ4v) is 4.20. The van der Waals surface area contributed by atoms with Crippen LogP contribution in [0.15, 0.2) is 23.1 Å². The first kappa shape index (κ1) is 14.9. The third kappa shape index (κ3) is 2.54. The van der Waals surface area contributed by atoms with Gasteiger partial charge in [0.2, 0.25) is 10.0 Å². The number of benzene rings is 1. The smallest absolute Gasteiger partial charge is 0.337 e. The molecule has 0 aromatic heterocycles. The molecular formula is C12H14FNO5S. The predicted molar refractivity (Wildman–Crippen MR) is 67.4 cm³/mol. The van der Waals surface area contributed by atoms with Gasteiger partial charge in [-0.2, -0.15) is 4.31 Å². The van der Waals surface area contributed by atoms with E-state index in [1.54, 1.807) is 0 Å². The third-order valence-electron chi connectivity index (χ3n) is 3.29. The minimum absolute atomic E-state index is 0.184. The van der Waals surface area contributed by atoms with Gasteiger partial charge < -0.3 is 10.2 Å². The molecule has 8 heteroatoms. The molecule has 2 N–H and O–H groups in total. The van der Waals surface area contributed by atoms with E-state index in [0.717, 1.165) is 16.4 Å². The minimum Gasteiger partial charge on any atom is -0.478 e. The summed E-state index contributed by atoms with van der Waals surface area (Å²) in [7, 11) is -4.15. The Kier molecular flexibility index (Phi) is 4.07. The number of nitrogens with zero attached hydrogens (tertiary/aromatic N) is 1. The predicted octanol–water partition coefficient (Wildman–Crippen LogP) is 0.669. The second-order valence-electron chi connectivity index (χ2n) is 4.54. The molecule has 1 fully saturated rings. The highest BCUT2D eigenvalue weighted by atomic mass is 32.2. The summed E-state index contributed by atoms with van der Waals surface area (Å²) in [5.41, 5.74) is -0.477. The molecule has 2 rings (SSSR count). The molecule has 1 aromatic carbocycles. The number of aromatic carboxylic acids is 1. The number of carbonyl (C=O) groups is 1. The summed E-state index contributed by atoms with van der Waals surface area (Å²) < 4.78 is 39.2. The maximum absolute atomic E-state index is 13.3. The van der Waals surface area contributed by atoms with Crippen molar-refractivity contribution in [3.63, 3.8) is 0 Å². The van der Waals surface area contributed by atoms with Gasteiger partial charge in [-0.25, -0.2) is 17.6 Å². The lowest BCUT2D eigenvalue weighted by atomic mass is 10.2. The Bertz CT molecular complexity index is 631. The summed E-state index contributed by atoms with van der Waals surface area (Å²) in [6.07, 6.45) is 1.07. The van der Waals surface area contributed by atoms with Crippen LogP contribution < -0.4 is 0 Å². The van der Waals surface area contributed by atoms with E-state index in [1.165, 1.54) is 0 Å². The van der Waals surface area contributed by atoms with Gasteiger partial charge in [0, 0.05) is 12.6 Å². The first-order valence-corrected chi connectivity index (χ1v) is 7.47. The van der Waals surface area contributed by atoms with E-state index >= 15 is 0 Å². The standard InChI is InChI=1S/C12H14FNO5S/c13-8-3-4-10(12(16)17)11(6-8)20(18,19)14-5-1-2-9(14)7-15/h3-4,6,9,15H,1-2,5,7H2,(H,16,17)/t9-/m1/s1. The third-order valence-corrected chi connectivity index (χ3v) is 5.29. The lowest BCUT2D eigenvalue weighted by Gasteiger charge is -2.23. The molecule has 0 bridgehead atoms. The maximum Gasteiger partial charge on any atom is 0.337 e. The van der Waals surface area contributed by atoms with Crippen LogP contribution in [0.1, 0.15) is 23.2 Å². The molecule has 0 aliphatic carbocycles. The van der Waals surface area contributed by atoms with Gasteiger partial charge in [0.05, 0.1) is 17.1 Å². The second kappa shape index (κ2) is 5.47. The summed E-state index contributed by atoms with van der Waals surface area (Å²) in [4.78, 5) is 10.5. The Morgan fingerprint density at radius 1 is 1.45 bits per heavy atom. The van der Waals surface area contributed by atoms with Gasteiger partial charge in [0.15, 0.2) is 0 Å². The molecule has 1 aliphatic rings. The van der Waals surface area contributed by atoms with E-state index in [1.807, 2.05) is 0 Å². The molecule has 6 nitrogen and oxygen atoms in total. The largest absolute Gasteiger partial charge is 0.478 e. The number of aliphatic hydroxyl groups is 1. The normalized spacial score (nSPS) is 20.2. The molecule has 0 saturated carbocycles. The van der Waals surface area contributed by atoms with Crippen molar-refractivity contribution in [3.05, 3.63) is 29.6 Å². The lowest BCUT2D eigenvalue weighted by molar-refractivity contribution is 0.0692. The van der Waals surface area contributed by atoms with Gasteiger partial charge in [-0.1, -0.05) is 0 Å². The highest BCUT2D eigenvalue weighted by Crippen LogP contribution is 2.28. The van der Waals surface area contributed by atoms with Crippen LogP contribution in [0.5, 0.6) is 0 Å². The second-order valence-corrected chi connectivity index (χ2v) is 6.40. The Morgan fingerprint density at radius 3 is 2.75 bits per heavy atom. The molecule has 1 saturated heterocycles. The highest BCUT2D eigenvalue weighted by Gasteiger charge is 2.37. The van der Waals surface area contributed by atoms with Gasteiger partial charge in [0.1, 0.15) is 5.82 Å². The van der Waals surface area contributed by atoms with Crippen molar-refractivity contribution < 1.29 is 27.8 Å². The Morgan fingerprint density at radius 2 is 2.15 bits per heavy atom. The minimum atomic E-state index is -4.15. The first-order valence-electron chi connectivity index (χ1n) is 6.03. The van der Waals surface area contributed by atoms with Crippen LogP contribution in [0.4, 0.5) is 4.39 Å². The maximum atomic E-state index is 13.3. The number of hydrogen-bond acceptors (Lipinski definition) is 4. The van der Waals surface area contributed by atoms with Crippen LogP contribution in [-0.4, -0.2) is 48.1 Å². The van der Waals surface area contributed by atoms with Crippen molar-refractivity contribution in [2.45, 2.75) is 23.8 Å². The molecule has 0 spiro atoms. The number of carboxylic acids is 1. The Labute approximate surface area is 115 Å². The van der Waals surface area contributed by atoms with Crippen molar-refractivity contribution in [3.8, 4) is 0 Å². The monoisotopic (exact) mass is 303 g/mol. The van der Waals surface area contributed by atoms with E-state index in [9.17, 15) is 22.7 Å². The van der Waals surface area contributed by atoms with E-state index in [-0.39, 0.29) is 13.2 Å². The van der Waals surface area contributed by atoms with Crippen molar-refractivity contribution >= 4 is 16.0 Å². The molecule has 1 heterocycles. The summed E-state index contributed by atoms with van der Waals surface area (Å²) >= 11 is 0. The van der Waals surface area contributed by atoms with Gasteiger partial charge in [-0.05, 0) is 31.0 Å². The number of carboxylic acid groups (broad SMARTS) is 1. The van der Waals surface area contributed by atoms with Crippen molar-refractivity contribution in [2.75, 3.05) is 13.2 Å². The lowest BCUT2D eigenvalue weighted by Crippen LogP contribution is -2.38. The first-order chi connectivity index (χ1) is 9.37. The average molecular weight is 303 g/mol. The van der Waals surface area contributed by atoms with Crippen LogP contribution in [0, 0.1) is 5.82 Å². The number of rotatable bonds is 4. The van der Waals surface area contributed by atoms with E-state index in [4.69, 9.17) is 5.11 Å². The van der Waals surface area contributed by atoms with Crippen molar-refractivity contribution in [2.24, 2.45) is 0 Å². The number of aliphatic hydroxyl groups excluding tert-OH is 1. The van der Waals surface area contributed by atoms with Gasteiger partial charge >= 0.3 is 5.97 Å². The molecule has 1 aliphatic heterocycles. The Hall–Kier alpha value is -1.51. The zero-order valence-electron chi connectivity index (χ0n) is 10.5. The summed E-state index contributed by atoms with van der Waals surface area (Å²) in [6, 6.07) is 1.93. The summed E-state index contributed by atoms with van der Waals surface area (Å²) in [6.45, 7) is -0.167. The average Bonchev–Trinajstić information content (AvgIpc) is 2.87. The van der Waals surface area contributed by atoms with Crippen LogP contribution in [0.3, 0.4) is 0 Å². The molecule has 0 radical (unpaired) electrons. The molecular weight excluding hydrogens is 289 g/mol. The van der Waals surface area contributed by atoms with Gasteiger partial charge in [-0.15, -0.1) is 0 Å². The van der Waals surface area contributed by atoms with Crippen molar-refractivity contribution in [1.29, 1.82) is 0 Å². The van der Waals surface area contributed by atoms with Crippen molar-refractivity contribution in [1.82, 2.24) is 4.31 Å². The fraction of sp³-hybridized carbons (Fsp3) is 0.417. The van der Waals surface area contributed by atoms with Crippen LogP contribution in [0.2, 0.25) is 0 Å². The Balaban J connectivity index is 2.54. The van der Waals surface area contributed by atoms with E-state index in [2.05, 4.69) is 0 Å². The summed E-state index contributed by atoms with van der Waals surface area (Å²) in [5, 5.41) is 18.2. The molecule has 0 amide bonds. The molecule has 1 aromatic rings. The molecule has 1 atom stereocenters. The van der Waals surface area contributed by atoms with Gasteiger partial charge in [-0.3, -0.25) is 0 Å².